The summed E-state index contributed by atoms with van der Waals surface area (Å²) >= 11 is 0. The van der Waals surface area contributed by atoms with E-state index < -0.39 is 0 Å². The number of hydrogen-bond acceptors (Lipinski definition) is 5. The van der Waals surface area contributed by atoms with Gasteiger partial charge in [0.25, 0.3) is 0 Å². The smallest absolute Gasteiger partial charge is 0.159 e. The van der Waals surface area contributed by atoms with Gasteiger partial charge in [-0.1, -0.05) is 18.2 Å². The number of anilines is 1. The molecule has 0 radical (unpaired) electrons. The third-order valence-electron chi connectivity index (χ3n) is 4.91. The van der Waals surface area contributed by atoms with E-state index in [1.165, 1.54) is 6.07 Å². The molecular weight excluding hydrogens is 343 g/mol. The molecule has 0 saturated carbocycles. The summed E-state index contributed by atoms with van der Waals surface area (Å²) in [6.07, 6.45) is 1.59. The minimum Gasteiger partial charge on any atom is -0.354 e. The molecule has 3 aromatic rings. The maximum atomic E-state index is 13.9. The molecule has 6 nitrogen and oxygen atoms in total. The number of hydrogen-bond donors (Lipinski definition) is 0. The molecule has 140 valence electrons. The van der Waals surface area contributed by atoms with Gasteiger partial charge in [0.05, 0.1) is 5.69 Å². The highest BCUT2D eigenvalue weighted by atomic mass is 19.1. The molecule has 1 fully saturated rings. The zero-order chi connectivity index (χ0) is 18.8. The zero-order valence-corrected chi connectivity index (χ0v) is 15.6. The van der Waals surface area contributed by atoms with Gasteiger partial charge < -0.3 is 4.90 Å². The van der Waals surface area contributed by atoms with Gasteiger partial charge in [-0.15, -0.1) is 0 Å². The van der Waals surface area contributed by atoms with Crippen molar-refractivity contribution in [3.8, 4) is 5.82 Å². The minimum absolute atomic E-state index is 0.134. The molecule has 0 unspecified atom stereocenters. The van der Waals surface area contributed by atoms with Crippen LogP contribution in [-0.2, 0) is 6.54 Å². The van der Waals surface area contributed by atoms with Crippen LogP contribution >= 0.6 is 0 Å². The Morgan fingerprint density at radius 2 is 1.70 bits per heavy atom. The summed E-state index contributed by atoms with van der Waals surface area (Å²) in [7, 11) is 0. The van der Waals surface area contributed by atoms with E-state index in [9.17, 15) is 4.39 Å². The summed E-state index contributed by atoms with van der Waals surface area (Å²) in [4.78, 5) is 13.3. The van der Waals surface area contributed by atoms with Gasteiger partial charge >= 0.3 is 0 Å². The van der Waals surface area contributed by atoms with Gasteiger partial charge in [0.15, 0.2) is 5.82 Å². The van der Waals surface area contributed by atoms with Gasteiger partial charge in [-0.3, -0.25) is 4.90 Å². The Morgan fingerprint density at radius 3 is 2.41 bits per heavy atom. The van der Waals surface area contributed by atoms with Crippen LogP contribution in [0.4, 0.5) is 10.2 Å². The second-order valence-electron chi connectivity index (χ2n) is 6.93. The van der Waals surface area contributed by atoms with Crippen LogP contribution in [-0.4, -0.2) is 50.8 Å². The highest BCUT2D eigenvalue weighted by Crippen LogP contribution is 2.18. The molecule has 2 aromatic heterocycles. The van der Waals surface area contributed by atoms with Gasteiger partial charge in [0.2, 0.25) is 0 Å². The van der Waals surface area contributed by atoms with Crippen LogP contribution in [0.3, 0.4) is 0 Å². The van der Waals surface area contributed by atoms with Crippen molar-refractivity contribution in [3.63, 3.8) is 0 Å². The van der Waals surface area contributed by atoms with E-state index in [1.54, 1.807) is 12.4 Å². The van der Waals surface area contributed by atoms with E-state index in [2.05, 4.69) is 24.9 Å². The maximum absolute atomic E-state index is 13.9. The van der Waals surface area contributed by atoms with Crippen molar-refractivity contribution in [2.24, 2.45) is 0 Å². The minimum atomic E-state index is -0.134. The molecular formula is C20H23FN6. The molecule has 0 spiro atoms. The normalized spacial score (nSPS) is 15.3. The van der Waals surface area contributed by atoms with Gasteiger partial charge in [0.1, 0.15) is 18.0 Å². The Hall–Kier alpha value is -2.80. The fourth-order valence-electron chi connectivity index (χ4n) is 3.49. The average Bonchev–Trinajstić information content (AvgIpc) is 3.02. The van der Waals surface area contributed by atoms with E-state index in [4.69, 9.17) is 0 Å². The molecule has 7 heteroatoms. The summed E-state index contributed by atoms with van der Waals surface area (Å²) in [5.74, 6) is 1.54. The molecule has 0 bridgehead atoms. The number of piperazine rings is 1. The fourth-order valence-corrected chi connectivity index (χ4v) is 3.49. The first kappa shape index (κ1) is 17.6. The van der Waals surface area contributed by atoms with Crippen LogP contribution < -0.4 is 4.90 Å². The van der Waals surface area contributed by atoms with Crippen molar-refractivity contribution in [2.75, 3.05) is 31.1 Å². The first-order valence-electron chi connectivity index (χ1n) is 9.16. The Bertz CT molecular complexity index is 930. The topological polar surface area (TPSA) is 50.1 Å². The Morgan fingerprint density at radius 1 is 0.963 bits per heavy atom. The Labute approximate surface area is 158 Å². The van der Waals surface area contributed by atoms with Crippen molar-refractivity contribution in [2.45, 2.75) is 20.4 Å². The summed E-state index contributed by atoms with van der Waals surface area (Å²) < 4.78 is 15.7. The van der Waals surface area contributed by atoms with Gasteiger partial charge in [-0.25, -0.2) is 19.0 Å². The fraction of sp³-hybridized carbons (Fsp3) is 0.350. The zero-order valence-electron chi connectivity index (χ0n) is 15.6. The third-order valence-corrected chi connectivity index (χ3v) is 4.91. The van der Waals surface area contributed by atoms with Crippen LogP contribution in [0, 0.1) is 19.7 Å². The van der Waals surface area contributed by atoms with Crippen molar-refractivity contribution in [1.82, 2.24) is 24.6 Å². The molecule has 0 atom stereocenters. The molecule has 0 aliphatic carbocycles. The van der Waals surface area contributed by atoms with Crippen molar-refractivity contribution >= 4 is 5.82 Å². The summed E-state index contributed by atoms with van der Waals surface area (Å²) in [6.45, 7) is 8.07. The van der Waals surface area contributed by atoms with Gasteiger partial charge in [-0.05, 0) is 26.0 Å². The lowest BCUT2D eigenvalue weighted by atomic mass is 10.2. The van der Waals surface area contributed by atoms with Crippen LogP contribution in [0.25, 0.3) is 5.82 Å². The maximum Gasteiger partial charge on any atom is 0.159 e. The number of nitrogens with zero attached hydrogens (tertiary/aromatic N) is 6. The number of aryl methyl sites for hydroxylation is 2. The molecule has 1 aromatic carbocycles. The number of halogens is 1. The number of benzene rings is 1. The summed E-state index contributed by atoms with van der Waals surface area (Å²) in [5.41, 5.74) is 2.76. The molecule has 27 heavy (non-hydrogen) atoms. The lowest BCUT2D eigenvalue weighted by molar-refractivity contribution is 0.246. The number of aromatic nitrogens is 4. The van der Waals surface area contributed by atoms with E-state index in [0.29, 0.717) is 6.54 Å². The van der Waals surface area contributed by atoms with Gasteiger partial charge in [0, 0.05) is 50.0 Å². The number of rotatable bonds is 4. The van der Waals surface area contributed by atoms with Gasteiger partial charge in [-0.2, -0.15) is 5.10 Å². The Balaban J connectivity index is 1.43. The first-order valence-corrected chi connectivity index (χ1v) is 9.16. The standard InChI is InChI=1S/C20H23FN6/c1-15-11-16(2)27(24-15)20-12-19(22-14-23-20)26-9-7-25(8-10-26)13-17-5-3-4-6-18(17)21/h3-6,11-12,14H,7-10,13H2,1-2H3. The predicted octanol–water partition coefficient (Wildman–Crippen LogP) is 2.74. The highest BCUT2D eigenvalue weighted by molar-refractivity contribution is 5.44. The molecule has 0 N–H and O–H groups in total. The SMILES string of the molecule is Cc1cc(C)n(-c2cc(N3CCN(Cc4ccccc4F)CC3)ncn2)n1. The monoisotopic (exact) mass is 366 g/mol. The quantitative estimate of drug-likeness (QED) is 0.711. The molecule has 0 amide bonds. The Kier molecular flexibility index (Phi) is 4.85. The van der Waals surface area contributed by atoms with Crippen molar-refractivity contribution in [3.05, 3.63) is 65.5 Å². The molecule has 3 heterocycles. The molecule has 1 saturated heterocycles. The highest BCUT2D eigenvalue weighted by Gasteiger charge is 2.20. The van der Waals surface area contributed by atoms with Crippen LogP contribution in [0.15, 0.2) is 42.7 Å². The van der Waals surface area contributed by atoms with E-state index in [-0.39, 0.29) is 5.82 Å². The lowest BCUT2D eigenvalue weighted by Gasteiger charge is -2.35. The molecule has 1 aliphatic rings. The third kappa shape index (κ3) is 3.83. The van der Waals surface area contributed by atoms with E-state index in [1.807, 2.05) is 42.8 Å². The largest absolute Gasteiger partial charge is 0.354 e. The average molecular weight is 366 g/mol. The van der Waals surface area contributed by atoms with Crippen molar-refractivity contribution in [1.29, 1.82) is 0 Å². The summed E-state index contributed by atoms with van der Waals surface area (Å²) in [5, 5.41) is 4.50. The van der Waals surface area contributed by atoms with E-state index in [0.717, 1.165) is 54.8 Å². The van der Waals surface area contributed by atoms with Crippen molar-refractivity contribution < 1.29 is 4.39 Å². The van der Waals surface area contributed by atoms with Crippen LogP contribution in [0.2, 0.25) is 0 Å². The molecule has 4 rings (SSSR count). The second kappa shape index (κ2) is 7.44. The molecule has 1 aliphatic heterocycles. The van der Waals surface area contributed by atoms with Crippen LogP contribution in [0.5, 0.6) is 0 Å². The second-order valence-corrected chi connectivity index (χ2v) is 6.93. The lowest BCUT2D eigenvalue weighted by Crippen LogP contribution is -2.46. The van der Waals surface area contributed by atoms with E-state index >= 15 is 0 Å². The first-order chi connectivity index (χ1) is 13.1. The van der Waals surface area contributed by atoms with Crippen LogP contribution in [0.1, 0.15) is 17.0 Å². The summed E-state index contributed by atoms with van der Waals surface area (Å²) in [6, 6.07) is 11.0. The predicted molar refractivity (Wildman–Crippen MR) is 103 cm³/mol.